The molecule has 0 unspecified atom stereocenters. The Morgan fingerprint density at radius 3 is 2.93 bits per heavy atom. The fraction of sp³-hybridized carbons (Fsp3) is 0.500. The van der Waals surface area contributed by atoms with E-state index in [0.29, 0.717) is 6.42 Å². The average Bonchev–Trinajstić information content (AvgIpc) is 2.18. The van der Waals surface area contributed by atoms with E-state index in [2.05, 4.69) is 0 Å². The van der Waals surface area contributed by atoms with Crippen molar-refractivity contribution in [3.63, 3.8) is 0 Å². The van der Waals surface area contributed by atoms with E-state index < -0.39 is 12.0 Å². The van der Waals surface area contributed by atoms with Crippen molar-refractivity contribution < 1.29 is 15.0 Å². The van der Waals surface area contributed by atoms with Crippen molar-refractivity contribution >= 4 is 5.97 Å². The third-order valence-electron chi connectivity index (χ3n) is 2.24. The zero-order valence-electron chi connectivity index (χ0n) is 7.94. The SMILES string of the molecule is N[C@@H](CC1=CCCC(CO)=C1)C(=O)O. The summed E-state index contributed by atoms with van der Waals surface area (Å²) in [6, 6.07) is -0.851. The maximum atomic E-state index is 10.5. The number of allylic oxidation sites excluding steroid dienone is 2. The van der Waals surface area contributed by atoms with Crippen molar-refractivity contribution in [2.24, 2.45) is 5.73 Å². The van der Waals surface area contributed by atoms with Crippen molar-refractivity contribution in [1.82, 2.24) is 0 Å². The fourth-order valence-corrected chi connectivity index (χ4v) is 1.44. The lowest BCUT2D eigenvalue weighted by molar-refractivity contribution is -0.138. The summed E-state index contributed by atoms with van der Waals surface area (Å²) in [5.41, 5.74) is 7.26. The summed E-state index contributed by atoms with van der Waals surface area (Å²) >= 11 is 0. The van der Waals surface area contributed by atoms with Gasteiger partial charge in [0.25, 0.3) is 0 Å². The molecular weight excluding hydrogens is 182 g/mol. The molecule has 0 saturated carbocycles. The lowest BCUT2D eigenvalue weighted by atomic mass is 9.96. The number of aliphatic hydroxyl groups is 1. The smallest absolute Gasteiger partial charge is 0.320 e. The van der Waals surface area contributed by atoms with Gasteiger partial charge >= 0.3 is 5.97 Å². The molecule has 4 nitrogen and oxygen atoms in total. The fourth-order valence-electron chi connectivity index (χ4n) is 1.44. The maximum absolute atomic E-state index is 10.5. The van der Waals surface area contributed by atoms with Crippen LogP contribution in [0.5, 0.6) is 0 Å². The third-order valence-corrected chi connectivity index (χ3v) is 2.24. The standard InChI is InChI=1S/C10H15NO3/c11-9(10(13)14)5-7-2-1-3-8(4-7)6-12/h2,4,9,12H,1,3,5-6,11H2,(H,13,14)/t9-/m0/s1. The van der Waals surface area contributed by atoms with Gasteiger partial charge in [-0.15, -0.1) is 0 Å². The molecule has 0 saturated heterocycles. The first-order chi connectivity index (χ1) is 6.63. The normalized spacial score (nSPS) is 18.4. The van der Waals surface area contributed by atoms with E-state index in [1.807, 2.05) is 12.2 Å². The Bertz CT molecular complexity index is 281. The number of aliphatic carboxylic acids is 1. The second kappa shape index (κ2) is 4.93. The highest BCUT2D eigenvalue weighted by Gasteiger charge is 2.14. The topological polar surface area (TPSA) is 83.5 Å². The Balaban J connectivity index is 2.57. The first-order valence-corrected chi connectivity index (χ1v) is 4.61. The van der Waals surface area contributed by atoms with Gasteiger partial charge in [0.05, 0.1) is 6.61 Å². The maximum Gasteiger partial charge on any atom is 0.320 e. The lowest BCUT2D eigenvalue weighted by Crippen LogP contribution is -2.30. The molecule has 1 aliphatic carbocycles. The van der Waals surface area contributed by atoms with Gasteiger partial charge in [-0.25, -0.2) is 0 Å². The molecule has 14 heavy (non-hydrogen) atoms. The predicted molar refractivity (Wildman–Crippen MR) is 52.7 cm³/mol. The van der Waals surface area contributed by atoms with Crippen molar-refractivity contribution in [1.29, 1.82) is 0 Å². The first-order valence-electron chi connectivity index (χ1n) is 4.61. The molecule has 1 aliphatic rings. The molecule has 0 bridgehead atoms. The van der Waals surface area contributed by atoms with Crippen LogP contribution in [0.1, 0.15) is 19.3 Å². The summed E-state index contributed by atoms with van der Waals surface area (Å²) in [7, 11) is 0. The van der Waals surface area contributed by atoms with Crippen molar-refractivity contribution in [3.05, 3.63) is 23.3 Å². The summed E-state index contributed by atoms with van der Waals surface area (Å²) in [6.45, 7) is 0.0413. The number of hydrogen-bond donors (Lipinski definition) is 3. The molecule has 4 N–H and O–H groups in total. The Labute approximate surface area is 82.7 Å². The zero-order valence-corrected chi connectivity index (χ0v) is 7.94. The third kappa shape index (κ3) is 2.97. The minimum Gasteiger partial charge on any atom is -0.480 e. The molecule has 0 radical (unpaired) electrons. The molecule has 0 amide bonds. The monoisotopic (exact) mass is 197 g/mol. The van der Waals surface area contributed by atoms with Crippen LogP contribution in [0, 0.1) is 0 Å². The second-order valence-corrected chi connectivity index (χ2v) is 3.43. The molecule has 0 spiro atoms. The van der Waals surface area contributed by atoms with Crippen LogP contribution in [0.15, 0.2) is 23.3 Å². The molecule has 0 aliphatic heterocycles. The molecule has 1 rings (SSSR count). The van der Waals surface area contributed by atoms with Crippen LogP contribution in [0.2, 0.25) is 0 Å². The molecule has 0 aromatic heterocycles. The molecule has 4 heteroatoms. The highest BCUT2D eigenvalue weighted by molar-refractivity contribution is 5.73. The molecule has 1 atom stereocenters. The summed E-state index contributed by atoms with van der Waals surface area (Å²) in [5.74, 6) is -0.990. The van der Waals surface area contributed by atoms with Gasteiger partial charge in [0.1, 0.15) is 6.04 Å². The number of carboxylic acid groups (broad SMARTS) is 1. The van der Waals surface area contributed by atoms with Gasteiger partial charge in [0.15, 0.2) is 0 Å². The van der Waals surface area contributed by atoms with Gasteiger partial charge in [0, 0.05) is 0 Å². The highest BCUT2D eigenvalue weighted by atomic mass is 16.4. The van der Waals surface area contributed by atoms with E-state index in [4.69, 9.17) is 15.9 Å². The minimum atomic E-state index is -0.990. The quantitative estimate of drug-likeness (QED) is 0.610. The largest absolute Gasteiger partial charge is 0.480 e. The van der Waals surface area contributed by atoms with Gasteiger partial charge in [-0.3, -0.25) is 4.79 Å². The number of carbonyl (C=O) groups is 1. The van der Waals surface area contributed by atoms with Crippen LogP contribution >= 0.6 is 0 Å². The number of nitrogens with two attached hydrogens (primary N) is 1. The van der Waals surface area contributed by atoms with Crippen LogP contribution in [-0.4, -0.2) is 28.8 Å². The molecule has 0 aromatic carbocycles. The summed E-state index contributed by atoms with van der Waals surface area (Å²) < 4.78 is 0. The predicted octanol–water partition coefficient (Wildman–Crippen LogP) is 0.427. The summed E-state index contributed by atoms with van der Waals surface area (Å²) in [4.78, 5) is 10.5. The van der Waals surface area contributed by atoms with E-state index >= 15 is 0 Å². The Morgan fingerprint density at radius 1 is 1.64 bits per heavy atom. The van der Waals surface area contributed by atoms with Crippen LogP contribution in [-0.2, 0) is 4.79 Å². The van der Waals surface area contributed by atoms with Gasteiger partial charge in [-0.1, -0.05) is 12.2 Å². The summed E-state index contributed by atoms with van der Waals surface area (Å²) in [5, 5.41) is 17.5. The second-order valence-electron chi connectivity index (χ2n) is 3.43. The van der Waals surface area contributed by atoms with E-state index in [0.717, 1.165) is 24.0 Å². The molecular formula is C10H15NO3. The van der Waals surface area contributed by atoms with E-state index in [1.165, 1.54) is 0 Å². The van der Waals surface area contributed by atoms with Crippen LogP contribution in [0.3, 0.4) is 0 Å². The van der Waals surface area contributed by atoms with E-state index in [1.54, 1.807) is 0 Å². The Hall–Kier alpha value is -1.13. The van der Waals surface area contributed by atoms with Gasteiger partial charge < -0.3 is 15.9 Å². The van der Waals surface area contributed by atoms with Crippen LogP contribution in [0.4, 0.5) is 0 Å². The number of rotatable bonds is 4. The van der Waals surface area contributed by atoms with Crippen molar-refractivity contribution in [3.8, 4) is 0 Å². The van der Waals surface area contributed by atoms with Crippen LogP contribution < -0.4 is 5.73 Å². The van der Waals surface area contributed by atoms with Crippen molar-refractivity contribution in [2.45, 2.75) is 25.3 Å². The van der Waals surface area contributed by atoms with Crippen LogP contribution in [0.25, 0.3) is 0 Å². The molecule has 78 valence electrons. The number of aliphatic hydroxyl groups excluding tert-OH is 1. The minimum absolute atomic E-state index is 0.0413. The number of hydrogen-bond acceptors (Lipinski definition) is 3. The van der Waals surface area contributed by atoms with Gasteiger partial charge in [0.2, 0.25) is 0 Å². The summed E-state index contributed by atoms with van der Waals surface area (Å²) in [6.07, 6.45) is 5.85. The molecule has 0 heterocycles. The van der Waals surface area contributed by atoms with Crippen molar-refractivity contribution in [2.75, 3.05) is 6.61 Å². The molecule has 0 aromatic rings. The Kier molecular flexibility index (Phi) is 3.85. The number of carboxylic acids is 1. The zero-order chi connectivity index (χ0) is 10.6. The lowest BCUT2D eigenvalue weighted by Gasteiger charge is -2.13. The first kappa shape index (κ1) is 10.9. The van der Waals surface area contributed by atoms with E-state index in [9.17, 15) is 4.79 Å². The molecule has 0 fully saturated rings. The average molecular weight is 197 g/mol. The van der Waals surface area contributed by atoms with E-state index in [-0.39, 0.29) is 6.61 Å². The van der Waals surface area contributed by atoms with Gasteiger partial charge in [-0.2, -0.15) is 0 Å². The van der Waals surface area contributed by atoms with Gasteiger partial charge in [-0.05, 0) is 30.4 Å². The highest BCUT2D eigenvalue weighted by Crippen LogP contribution is 2.19. The Morgan fingerprint density at radius 2 is 2.36 bits per heavy atom.